The summed E-state index contributed by atoms with van der Waals surface area (Å²) in [6.45, 7) is 0. The minimum absolute atomic E-state index is 0.211. The smallest absolute Gasteiger partial charge is 0.323 e. The van der Waals surface area contributed by atoms with E-state index in [0.29, 0.717) is 11.3 Å². The Balaban J connectivity index is 1.97. The van der Waals surface area contributed by atoms with Gasteiger partial charge in [-0.25, -0.2) is 0 Å². The van der Waals surface area contributed by atoms with Gasteiger partial charge in [0, 0.05) is 18.2 Å². The van der Waals surface area contributed by atoms with Crippen molar-refractivity contribution in [2.75, 3.05) is 14.2 Å². The van der Waals surface area contributed by atoms with Gasteiger partial charge in [-0.1, -0.05) is 12.1 Å². The molecule has 6 heteroatoms. The first-order valence-electron chi connectivity index (χ1n) is 7.69. The van der Waals surface area contributed by atoms with Gasteiger partial charge in [0.2, 0.25) is 0 Å². The average molecular weight is 336 g/mol. The normalized spacial score (nSPS) is 14.3. The maximum Gasteiger partial charge on any atom is 0.323 e. The van der Waals surface area contributed by atoms with Crippen molar-refractivity contribution in [3.63, 3.8) is 0 Å². The third-order valence-electron chi connectivity index (χ3n) is 4.53. The fourth-order valence-electron chi connectivity index (χ4n) is 3.20. The number of esters is 2. The molecule has 1 aliphatic rings. The van der Waals surface area contributed by atoms with Gasteiger partial charge in [0.25, 0.3) is 0 Å². The van der Waals surface area contributed by atoms with E-state index in [1.165, 1.54) is 14.2 Å². The number of carbonyl (C=O) groups is 2. The molecule has 1 aliphatic carbocycles. The molecule has 1 heterocycles. The third-order valence-corrected chi connectivity index (χ3v) is 4.53. The van der Waals surface area contributed by atoms with E-state index in [2.05, 4.69) is 11.1 Å². The van der Waals surface area contributed by atoms with Gasteiger partial charge in [0.1, 0.15) is 0 Å². The molecule has 0 atom stereocenters. The van der Waals surface area contributed by atoms with Crippen LogP contribution in [-0.4, -0.2) is 31.1 Å². The lowest BCUT2D eigenvalue weighted by molar-refractivity contribution is -0.168. The van der Waals surface area contributed by atoms with Gasteiger partial charge in [-0.2, -0.15) is 5.26 Å². The molecule has 0 spiro atoms. The molecule has 0 saturated carbocycles. The number of benzene rings is 1. The van der Waals surface area contributed by atoms with Crippen LogP contribution in [0.4, 0.5) is 0 Å². The van der Waals surface area contributed by atoms with Crippen LogP contribution in [0.15, 0.2) is 36.5 Å². The van der Waals surface area contributed by atoms with Gasteiger partial charge >= 0.3 is 11.9 Å². The molecule has 0 N–H and O–H groups in total. The molecule has 0 bridgehead atoms. The highest BCUT2D eigenvalue weighted by atomic mass is 16.5. The van der Waals surface area contributed by atoms with Crippen molar-refractivity contribution in [3.8, 4) is 17.3 Å². The lowest BCUT2D eigenvalue weighted by Gasteiger charge is -2.22. The van der Waals surface area contributed by atoms with Crippen LogP contribution in [0.3, 0.4) is 0 Å². The highest BCUT2D eigenvalue weighted by molar-refractivity contribution is 6.01. The van der Waals surface area contributed by atoms with E-state index in [-0.39, 0.29) is 12.8 Å². The van der Waals surface area contributed by atoms with Crippen LogP contribution in [0.5, 0.6) is 0 Å². The Kier molecular flexibility index (Phi) is 4.24. The standard InChI is InChI=1S/C19H16N2O4/c1-24-17(22)19(18(23)25-2)8-14-7-16(21-11-15(14)9-19)13-5-3-12(10-20)4-6-13/h3-7,11H,8-9H2,1-2H3. The zero-order chi connectivity index (χ0) is 18.0. The number of methoxy groups -OCH3 is 2. The van der Waals surface area contributed by atoms with Crippen molar-refractivity contribution in [3.05, 3.63) is 53.2 Å². The molecular formula is C19H16N2O4. The van der Waals surface area contributed by atoms with Crippen molar-refractivity contribution < 1.29 is 19.1 Å². The summed E-state index contributed by atoms with van der Waals surface area (Å²) in [7, 11) is 2.52. The molecule has 25 heavy (non-hydrogen) atoms. The van der Waals surface area contributed by atoms with E-state index in [4.69, 9.17) is 14.7 Å². The summed E-state index contributed by atoms with van der Waals surface area (Å²) in [5.74, 6) is -1.20. The Morgan fingerprint density at radius 3 is 2.24 bits per heavy atom. The summed E-state index contributed by atoms with van der Waals surface area (Å²) in [6, 6.07) is 11.0. The molecule has 1 aromatic carbocycles. The second-order valence-electron chi connectivity index (χ2n) is 5.95. The number of carbonyl (C=O) groups excluding carboxylic acids is 2. The number of fused-ring (bicyclic) bond motifs is 1. The van der Waals surface area contributed by atoms with Crippen LogP contribution >= 0.6 is 0 Å². The number of rotatable bonds is 3. The number of aromatic nitrogens is 1. The summed E-state index contributed by atoms with van der Waals surface area (Å²) >= 11 is 0. The Hall–Kier alpha value is -3.20. The summed E-state index contributed by atoms with van der Waals surface area (Å²) in [5.41, 5.74) is 2.49. The molecule has 126 valence electrons. The van der Waals surface area contributed by atoms with E-state index in [1.807, 2.05) is 18.2 Å². The first-order valence-corrected chi connectivity index (χ1v) is 7.69. The maximum atomic E-state index is 12.3. The average Bonchev–Trinajstić information content (AvgIpc) is 3.06. The molecule has 1 aromatic heterocycles. The quantitative estimate of drug-likeness (QED) is 0.629. The second-order valence-corrected chi connectivity index (χ2v) is 5.95. The van der Waals surface area contributed by atoms with E-state index in [1.54, 1.807) is 18.3 Å². The molecule has 0 saturated heterocycles. The SMILES string of the molecule is COC(=O)C1(C(=O)OC)Cc2cnc(-c3ccc(C#N)cc3)cc2C1. The Morgan fingerprint density at radius 2 is 1.68 bits per heavy atom. The largest absolute Gasteiger partial charge is 0.468 e. The Bertz CT molecular complexity index is 865. The van der Waals surface area contributed by atoms with Crippen LogP contribution < -0.4 is 0 Å². The van der Waals surface area contributed by atoms with E-state index < -0.39 is 17.4 Å². The molecule has 0 aliphatic heterocycles. The fourth-order valence-corrected chi connectivity index (χ4v) is 3.20. The zero-order valence-corrected chi connectivity index (χ0v) is 13.9. The van der Waals surface area contributed by atoms with Crippen LogP contribution in [0.1, 0.15) is 16.7 Å². The van der Waals surface area contributed by atoms with Gasteiger partial charge in [0.05, 0.1) is 31.5 Å². The number of nitrogens with zero attached hydrogens (tertiary/aromatic N) is 2. The predicted molar refractivity (Wildman–Crippen MR) is 88.3 cm³/mol. The van der Waals surface area contributed by atoms with Gasteiger partial charge in [-0.15, -0.1) is 0 Å². The molecule has 0 fully saturated rings. The number of nitriles is 1. The van der Waals surface area contributed by atoms with Crippen LogP contribution in [0.2, 0.25) is 0 Å². The number of ether oxygens (including phenoxy) is 2. The molecule has 6 nitrogen and oxygen atoms in total. The number of pyridine rings is 1. The number of hydrogen-bond donors (Lipinski definition) is 0. The van der Waals surface area contributed by atoms with Gasteiger partial charge < -0.3 is 9.47 Å². The Labute approximate surface area is 145 Å². The zero-order valence-electron chi connectivity index (χ0n) is 13.9. The first-order chi connectivity index (χ1) is 12.0. The highest BCUT2D eigenvalue weighted by Crippen LogP contribution is 2.40. The molecule has 3 rings (SSSR count). The van der Waals surface area contributed by atoms with E-state index in [0.717, 1.165) is 16.7 Å². The van der Waals surface area contributed by atoms with Crippen LogP contribution in [0, 0.1) is 16.7 Å². The summed E-state index contributed by atoms with van der Waals surface area (Å²) in [6.07, 6.45) is 2.10. The minimum Gasteiger partial charge on any atom is -0.468 e. The number of hydrogen-bond acceptors (Lipinski definition) is 6. The van der Waals surface area contributed by atoms with Crippen molar-refractivity contribution in [2.45, 2.75) is 12.8 Å². The highest BCUT2D eigenvalue weighted by Gasteiger charge is 2.52. The van der Waals surface area contributed by atoms with E-state index in [9.17, 15) is 9.59 Å². The van der Waals surface area contributed by atoms with Crippen molar-refractivity contribution in [1.29, 1.82) is 5.26 Å². The monoisotopic (exact) mass is 336 g/mol. The Morgan fingerprint density at radius 1 is 1.08 bits per heavy atom. The van der Waals surface area contributed by atoms with Crippen molar-refractivity contribution >= 4 is 11.9 Å². The molecule has 0 unspecified atom stereocenters. The van der Waals surface area contributed by atoms with Gasteiger partial charge in [-0.05, 0) is 35.7 Å². The topological polar surface area (TPSA) is 89.3 Å². The summed E-state index contributed by atoms with van der Waals surface area (Å²) < 4.78 is 9.68. The molecular weight excluding hydrogens is 320 g/mol. The van der Waals surface area contributed by atoms with Crippen molar-refractivity contribution in [2.24, 2.45) is 5.41 Å². The lowest BCUT2D eigenvalue weighted by Crippen LogP contribution is -2.42. The predicted octanol–water partition coefficient (Wildman–Crippen LogP) is 2.05. The van der Waals surface area contributed by atoms with Crippen LogP contribution in [0.25, 0.3) is 11.3 Å². The van der Waals surface area contributed by atoms with Gasteiger partial charge in [-0.3, -0.25) is 14.6 Å². The fraction of sp³-hybridized carbons (Fsp3) is 0.263. The van der Waals surface area contributed by atoms with E-state index >= 15 is 0 Å². The summed E-state index contributed by atoms with van der Waals surface area (Å²) in [5, 5.41) is 8.88. The second kappa shape index (κ2) is 6.36. The van der Waals surface area contributed by atoms with Gasteiger partial charge in [0.15, 0.2) is 5.41 Å². The lowest BCUT2D eigenvalue weighted by atomic mass is 9.85. The van der Waals surface area contributed by atoms with Crippen LogP contribution in [-0.2, 0) is 31.9 Å². The third kappa shape index (κ3) is 2.74. The molecule has 2 aromatic rings. The minimum atomic E-state index is -1.35. The molecule has 0 amide bonds. The maximum absolute atomic E-state index is 12.3. The first kappa shape index (κ1) is 16.7. The summed E-state index contributed by atoms with van der Waals surface area (Å²) in [4.78, 5) is 28.9. The van der Waals surface area contributed by atoms with Crippen molar-refractivity contribution in [1.82, 2.24) is 4.98 Å². The molecule has 0 radical (unpaired) electrons.